The van der Waals surface area contributed by atoms with Crippen LogP contribution in [0, 0.1) is 16.6 Å². The highest BCUT2D eigenvalue weighted by Crippen LogP contribution is 2.46. The van der Waals surface area contributed by atoms with E-state index >= 15 is 4.39 Å². The summed E-state index contributed by atoms with van der Waals surface area (Å²) < 4.78 is 125. The number of methoxy groups -OCH3 is 1. The Morgan fingerprint density at radius 1 is 1.01 bits per heavy atom. The number of anilines is 2. The lowest BCUT2D eigenvalue weighted by atomic mass is 10.0. The summed E-state index contributed by atoms with van der Waals surface area (Å²) in [6, 6.07) is 8.12. The predicted molar refractivity (Wildman–Crippen MR) is 267 cm³/mol. The minimum atomic E-state index is -4.66. The summed E-state index contributed by atoms with van der Waals surface area (Å²) in [5, 5.41) is 14.7. The Morgan fingerprint density at radius 3 is 2.31 bits per heavy atom. The van der Waals surface area contributed by atoms with Crippen LogP contribution in [0.1, 0.15) is 95.0 Å². The number of amides is 1. The van der Waals surface area contributed by atoms with Gasteiger partial charge in [-0.25, -0.2) is 46.2 Å². The zero-order valence-electron chi connectivity index (χ0n) is 41.1. The van der Waals surface area contributed by atoms with E-state index in [0.717, 1.165) is 19.0 Å². The number of thioether (sulfide) groups is 1. The molecule has 1 aromatic carbocycles. The van der Waals surface area contributed by atoms with E-state index in [2.05, 4.69) is 29.6 Å². The number of alkyl halides is 5. The molecule has 74 heavy (non-hydrogen) atoms. The second-order valence-electron chi connectivity index (χ2n) is 19.5. The van der Waals surface area contributed by atoms with E-state index in [-0.39, 0.29) is 89.6 Å². The number of hydrogen-bond donors (Lipinski definition) is 3. The summed E-state index contributed by atoms with van der Waals surface area (Å²) in [5.74, 6) is -1.02. The maximum absolute atomic E-state index is 17.4. The molecule has 2 unspecified atom stereocenters. The number of pyridine rings is 2. The van der Waals surface area contributed by atoms with Crippen LogP contribution in [0.15, 0.2) is 72.4 Å². The highest BCUT2D eigenvalue weighted by atomic mass is 32.2. The maximum atomic E-state index is 17.4. The number of halogens is 6. The molecule has 1 aliphatic heterocycles. The lowest BCUT2D eigenvalue weighted by molar-refractivity contribution is -0.141. The molecule has 392 valence electrons. The van der Waals surface area contributed by atoms with E-state index in [1.165, 1.54) is 53.1 Å². The van der Waals surface area contributed by atoms with E-state index in [1.54, 1.807) is 54.8 Å². The van der Waals surface area contributed by atoms with Gasteiger partial charge >= 0.3 is 6.18 Å². The first-order chi connectivity index (χ1) is 35.0. The largest absolute Gasteiger partial charge is 0.480 e. The first-order valence-electron chi connectivity index (χ1n) is 23.8. The van der Waals surface area contributed by atoms with Crippen LogP contribution in [0.25, 0.3) is 28.2 Å². The summed E-state index contributed by atoms with van der Waals surface area (Å²) in [5.41, 5.74) is 0.862. The van der Waals surface area contributed by atoms with Crippen molar-refractivity contribution in [2.45, 2.75) is 114 Å². The highest BCUT2D eigenvalue weighted by molar-refractivity contribution is 8.26. The van der Waals surface area contributed by atoms with Gasteiger partial charge in [0.1, 0.15) is 32.8 Å². The summed E-state index contributed by atoms with van der Waals surface area (Å²) in [4.78, 5) is 41.3. The third-order valence-corrected chi connectivity index (χ3v) is 15.8. The number of imidazole rings is 2. The van der Waals surface area contributed by atoms with Crippen molar-refractivity contribution in [3.05, 3.63) is 96.1 Å². The number of fused-ring (bicyclic) bond motifs is 1. The molecule has 3 fully saturated rings. The Labute approximate surface area is 426 Å². The fourth-order valence-corrected chi connectivity index (χ4v) is 11.4. The number of carbonyl (C=O) groups is 1. The van der Waals surface area contributed by atoms with Crippen LogP contribution in [0.4, 0.5) is 37.7 Å². The molecule has 0 spiro atoms. The average molecular weight is 1070 g/mol. The number of benzene rings is 1. The zero-order valence-corrected chi connectivity index (χ0v) is 42.7. The van der Waals surface area contributed by atoms with E-state index in [1.807, 2.05) is 18.7 Å². The summed E-state index contributed by atoms with van der Waals surface area (Å²) in [6.07, 6.45) is 1.53. The van der Waals surface area contributed by atoms with Gasteiger partial charge in [0.25, 0.3) is 6.43 Å². The molecule has 25 heteroatoms. The van der Waals surface area contributed by atoms with Gasteiger partial charge in [-0.3, -0.25) is 25.0 Å². The van der Waals surface area contributed by atoms with Crippen molar-refractivity contribution in [1.82, 2.24) is 43.5 Å². The van der Waals surface area contributed by atoms with Gasteiger partial charge in [-0.05, 0) is 89.8 Å². The Morgan fingerprint density at radius 2 is 1.70 bits per heavy atom. The van der Waals surface area contributed by atoms with Crippen molar-refractivity contribution < 1.29 is 44.3 Å². The monoisotopic (exact) mass is 1070 g/mol. The van der Waals surface area contributed by atoms with Crippen molar-refractivity contribution >= 4 is 54.7 Å². The molecule has 17 nitrogen and oxygen atoms in total. The number of nitrogens with one attached hydrogen (secondary N) is 3. The summed E-state index contributed by atoms with van der Waals surface area (Å²) in [7, 11) is -2.76. The van der Waals surface area contributed by atoms with Crippen LogP contribution in [0.5, 0.6) is 5.88 Å². The maximum Gasteiger partial charge on any atom is 0.434 e. The third kappa shape index (κ3) is 10.5. The number of nitrogens with zero attached hydrogens (tertiary/aromatic N) is 10. The predicted octanol–water partition coefficient (Wildman–Crippen LogP) is 8.94. The second kappa shape index (κ2) is 19.9. The lowest BCUT2D eigenvalue weighted by Crippen LogP contribution is -2.60. The van der Waals surface area contributed by atoms with Gasteiger partial charge < -0.3 is 24.0 Å². The van der Waals surface area contributed by atoms with E-state index in [9.17, 15) is 35.2 Å². The number of ether oxygens (including phenoxy) is 1. The molecular weight excluding hydrogens is 1010 g/mol. The molecule has 0 bridgehead atoms. The molecule has 3 N–H and O–H groups in total. The molecule has 6 aromatic rings. The van der Waals surface area contributed by atoms with E-state index in [0.29, 0.717) is 46.4 Å². The van der Waals surface area contributed by atoms with Crippen LogP contribution < -0.4 is 19.3 Å². The summed E-state index contributed by atoms with van der Waals surface area (Å²) >= 11 is 0.202. The Hall–Kier alpha value is -6.60. The lowest BCUT2D eigenvalue weighted by Gasteiger charge is -2.46. The Bertz CT molecular complexity index is 3260. The Balaban J connectivity index is 1.05. The quantitative estimate of drug-likeness (QED) is 0.0472. The molecule has 2 saturated carbocycles. The fourth-order valence-electron chi connectivity index (χ4n) is 9.37. The first-order valence-corrected chi connectivity index (χ1v) is 26.1. The van der Waals surface area contributed by atoms with Gasteiger partial charge in [0, 0.05) is 73.4 Å². The molecule has 1 amide bonds. The van der Waals surface area contributed by atoms with Crippen LogP contribution in [-0.4, -0.2) is 114 Å². The molecule has 0 radical (unpaired) electrons. The van der Waals surface area contributed by atoms with Crippen molar-refractivity contribution in [3.63, 3.8) is 0 Å². The van der Waals surface area contributed by atoms with Gasteiger partial charge in [-0.2, -0.15) is 13.2 Å². The molecule has 5 aromatic heterocycles. The number of carbonyl (C=O) groups excluding carboxylic acids is 1. The minimum absolute atomic E-state index is 0.0160. The number of piperazine rings is 1. The van der Waals surface area contributed by atoms with Crippen molar-refractivity contribution in [2.75, 3.05) is 36.5 Å². The van der Waals surface area contributed by atoms with E-state index in [4.69, 9.17) is 15.6 Å². The smallest absolute Gasteiger partial charge is 0.434 e. The van der Waals surface area contributed by atoms with Gasteiger partial charge in [0.05, 0.1) is 48.0 Å². The van der Waals surface area contributed by atoms with Gasteiger partial charge in [-0.15, -0.1) is 0 Å². The molecule has 3 aliphatic rings. The number of hydrogen-bond acceptors (Lipinski definition) is 14. The minimum Gasteiger partial charge on any atom is -0.480 e. The van der Waals surface area contributed by atoms with Gasteiger partial charge in [0.15, 0.2) is 17.3 Å². The van der Waals surface area contributed by atoms with Crippen LogP contribution in [0.2, 0.25) is 0 Å². The first kappa shape index (κ1) is 52.3. The second-order valence-corrected chi connectivity index (χ2v) is 22.2. The summed E-state index contributed by atoms with van der Waals surface area (Å²) in [6.45, 7) is 8.83. The number of aromatic nitrogens is 7. The SMILES string of the molecule is COc1ncnc(C2CC2)c1-c1nccc(N(CC(=O)N2C(C)CN(c3cc(S(=O)(=O)NC4(C)CC4)cn4c(C(=N)SC(=N)C(F)F)ncc34)CC2C)Cc2ccc(-c3nc(C(F)(F)F)cn3C(C)C)cc2)c1F. The van der Waals surface area contributed by atoms with Crippen LogP contribution in [-0.2, 0) is 27.5 Å². The standard InChI is InChI=1S/C49H53F6N13O4S2/c1-26(2)66-23-36(49(53,54)55)62-45(66)31-9-7-29(8-10-31)21-65(33-13-16-58-41(39(33)50)38-40(30-11-12-30)60-25-61-47(38)72-6)24-37(69)68-27(3)19-64(20-28(68)4)34-17-32(74(70,71)63-48(5)14-15-48)22-67-35(34)18-59-46(67)44(57)73-43(56)42(51)52/h7-10,13,16-18,22-23,25-28,30,42,56-57,63H,11-12,14-15,19-21,24H2,1-6H3. The van der Waals surface area contributed by atoms with E-state index < -0.39 is 61.8 Å². The molecular formula is C49H53F6N13O4S2. The average Bonchev–Trinajstić information content (AvgIpc) is 4.22. The van der Waals surface area contributed by atoms with Crippen LogP contribution >= 0.6 is 11.8 Å². The van der Waals surface area contributed by atoms with Crippen molar-refractivity contribution in [1.29, 1.82) is 10.8 Å². The van der Waals surface area contributed by atoms with Crippen molar-refractivity contribution in [2.24, 2.45) is 0 Å². The normalized spacial score (nSPS) is 17.9. The van der Waals surface area contributed by atoms with Gasteiger partial charge in [-0.1, -0.05) is 24.3 Å². The molecule has 2 atom stereocenters. The Kier molecular flexibility index (Phi) is 14.1. The number of sulfonamides is 1. The highest BCUT2D eigenvalue weighted by Gasteiger charge is 2.43. The third-order valence-electron chi connectivity index (χ3n) is 13.4. The van der Waals surface area contributed by atoms with Crippen LogP contribution in [0.3, 0.4) is 0 Å². The fraction of sp³-hybridized carbons (Fsp3) is 0.429. The van der Waals surface area contributed by atoms with Crippen molar-refractivity contribution in [3.8, 4) is 28.5 Å². The molecule has 1 saturated heterocycles. The topological polar surface area (TPSA) is 204 Å². The zero-order chi connectivity index (χ0) is 53.2. The molecule has 2 aliphatic carbocycles. The molecule has 6 heterocycles. The number of rotatable bonds is 16. The van der Waals surface area contributed by atoms with Gasteiger partial charge in [0.2, 0.25) is 21.8 Å². The molecule has 9 rings (SSSR count).